The molecule has 4 rings (SSSR count). The zero-order valence-electron chi connectivity index (χ0n) is 19.3. The summed E-state index contributed by atoms with van der Waals surface area (Å²) in [5.41, 5.74) is 2.19. The third-order valence-corrected chi connectivity index (χ3v) is 12.0. The van der Waals surface area contributed by atoms with Gasteiger partial charge in [0.15, 0.2) is 0 Å². The van der Waals surface area contributed by atoms with Gasteiger partial charge >= 0.3 is 0 Å². The molecule has 0 heterocycles. The van der Waals surface area contributed by atoms with E-state index in [1.54, 1.807) is 0 Å². The first-order valence-corrected chi connectivity index (χ1v) is 11.9. The summed E-state index contributed by atoms with van der Waals surface area (Å²) in [6, 6.07) is 0. The van der Waals surface area contributed by atoms with E-state index >= 15 is 0 Å². The van der Waals surface area contributed by atoms with Gasteiger partial charge in [0.2, 0.25) is 0 Å². The Kier molecular flexibility index (Phi) is 4.11. The van der Waals surface area contributed by atoms with Crippen LogP contribution in [-0.2, 0) is 0 Å². The number of rotatable bonds is 0. The van der Waals surface area contributed by atoms with Crippen LogP contribution in [0.3, 0.4) is 0 Å². The lowest BCUT2D eigenvalue weighted by Gasteiger charge is -2.71. The van der Waals surface area contributed by atoms with Crippen molar-refractivity contribution in [2.24, 2.45) is 63.1 Å². The monoisotopic (exact) mass is 358 g/mol. The van der Waals surface area contributed by atoms with Gasteiger partial charge in [-0.3, -0.25) is 0 Å². The van der Waals surface area contributed by atoms with Crippen LogP contribution in [0.2, 0.25) is 0 Å². The van der Waals surface area contributed by atoms with Crippen LogP contribution in [0.5, 0.6) is 0 Å². The van der Waals surface area contributed by atoms with Gasteiger partial charge < -0.3 is 0 Å². The van der Waals surface area contributed by atoms with Crippen LogP contribution in [0.4, 0.5) is 0 Å². The Hall–Kier alpha value is 0. The van der Waals surface area contributed by atoms with Crippen molar-refractivity contribution >= 4 is 0 Å². The van der Waals surface area contributed by atoms with E-state index in [2.05, 4.69) is 62.3 Å². The van der Waals surface area contributed by atoms with E-state index in [0.717, 1.165) is 41.4 Å². The minimum Gasteiger partial charge on any atom is -0.0625 e. The van der Waals surface area contributed by atoms with E-state index in [9.17, 15) is 0 Å². The Morgan fingerprint density at radius 3 is 2.04 bits per heavy atom. The lowest BCUT2D eigenvalue weighted by molar-refractivity contribution is -0.228. The van der Waals surface area contributed by atoms with Crippen molar-refractivity contribution < 1.29 is 0 Å². The number of fused-ring (bicyclic) bond motifs is 5. The van der Waals surface area contributed by atoms with Crippen LogP contribution >= 0.6 is 0 Å². The van der Waals surface area contributed by atoms with Gasteiger partial charge in [-0.25, -0.2) is 0 Å². The van der Waals surface area contributed by atoms with Gasteiger partial charge in [0.05, 0.1) is 0 Å². The summed E-state index contributed by atoms with van der Waals surface area (Å²) in [6.45, 7) is 23.8. The van der Waals surface area contributed by atoms with Crippen LogP contribution in [0.15, 0.2) is 0 Å². The van der Waals surface area contributed by atoms with E-state index in [1.165, 1.54) is 38.5 Å². The second-order valence-corrected chi connectivity index (χ2v) is 13.1. The molecule has 0 saturated heterocycles. The Labute approximate surface area is 164 Å². The summed E-state index contributed by atoms with van der Waals surface area (Å²) < 4.78 is 0. The highest BCUT2D eigenvalue weighted by atomic mass is 14.7. The molecule has 0 nitrogen and oxygen atoms in total. The molecule has 0 aromatic carbocycles. The Morgan fingerprint density at radius 1 is 0.731 bits per heavy atom. The van der Waals surface area contributed by atoms with Crippen molar-refractivity contribution in [3.05, 3.63) is 0 Å². The topological polar surface area (TPSA) is 0 Å². The largest absolute Gasteiger partial charge is 0.0625 e. The lowest BCUT2D eigenvalue weighted by atomic mass is 9.34. The molecule has 10 atom stereocenters. The zero-order valence-corrected chi connectivity index (χ0v) is 19.3. The first-order chi connectivity index (χ1) is 11.9. The van der Waals surface area contributed by atoms with Crippen LogP contribution in [0.1, 0.15) is 101 Å². The van der Waals surface area contributed by atoms with Crippen molar-refractivity contribution in [1.82, 2.24) is 0 Å². The average Bonchev–Trinajstić information content (AvgIpc) is 2.73. The van der Waals surface area contributed by atoms with Gasteiger partial charge in [0.1, 0.15) is 0 Å². The SMILES string of the molecule is CC1CC(C)C2(C)C3C(C)CC4(C)C(CCC4(C)C)C3CC(C)C2(C)C1. The molecule has 0 N–H and O–H groups in total. The summed E-state index contributed by atoms with van der Waals surface area (Å²) >= 11 is 0. The second kappa shape index (κ2) is 5.54. The molecule has 0 heteroatoms. The summed E-state index contributed by atoms with van der Waals surface area (Å²) in [6.07, 6.45) is 8.88. The first kappa shape index (κ1) is 19.3. The highest BCUT2D eigenvalue weighted by molar-refractivity contribution is 5.17. The minimum atomic E-state index is 0.536. The van der Waals surface area contributed by atoms with Crippen molar-refractivity contribution in [1.29, 1.82) is 0 Å². The fraction of sp³-hybridized carbons (Fsp3) is 1.00. The molecule has 150 valence electrons. The van der Waals surface area contributed by atoms with Gasteiger partial charge in [-0.1, -0.05) is 62.3 Å². The molecule has 10 unspecified atom stereocenters. The van der Waals surface area contributed by atoms with Crippen LogP contribution in [0, 0.1) is 63.1 Å². The standard InChI is InChI=1S/C26H46/c1-16-12-19(4)26(9)22-17(2)15-25(8)21(10-11-23(25,5)6)20(22)13-18(3)24(26,7)14-16/h16-22H,10-15H2,1-9H3. The Balaban J connectivity index is 1.81. The summed E-state index contributed by atoms with van der Waals surface area (Å²) in [5, 5.41) is 0. The second-order valence-electron chi connectivity index (χ2n) is 13.1. The minimum absolute atomic E-state index is 0.536. The fourth-order valence-corrected chi connectivity index (χ4v) is 10.1. The maximum absolute atomic E-state index is 2.76. The molecular formula is C26H46. The highest BCUT2D eigenvalue weighted by Gasteiger charge is 2.69. The molecule has 0 aliphatic heterocycles. The van der Waals surface area contributed by atoms with Gasteiger partial charge in [-0.2, -0.15) is 0 Å². The maximum atomic E-state index is 2.76. The Morgan fingerprint density at radius 2 is 1.38 bits per heavy atom. The predicted molar refractivity (Wildman–Crippen MR) is 113 cm³/mol. The van der Waals surface area contributed by atoms with Crippen molar-refractivity contribution in [2.45, 2.75) is 101 Å². The van der Waals surface area contributed by atoms with E-state index < -0.39 is 0 Å². The molecule has 4 fully saturated rings. The molecule has 0 bridgehead atoms. The molecule has 0 aromatic rings. The van der Waals surface area contributed by atoms with Crippen molar-refractivity contribution in [3.63, 3.8) is 0 Å². The van der Waals surface area contributed by atoms with E-state index in [0.29, 0.717) is 21.7 Å². The van der Waals surface area contributed by atoms with Crippen LogP contribution < -0.4 is 0 Å². The smallest absolute Gasteiger partial charge is 0.0210 e. The van der Waals surface area contributed by atoms with Gasteiger partial charge in [0.25, 0.3) is 0 Å². The molecule has 4 saturated carbocycles. The first-order valence-electron chi connectivity index (χ1n) is 11.9. The average molecular weight is 359 g/mol. The predicted octanol–water partition coefficient (Wildman–Crippen LogP) is 7.82. The van der Waals surface area contributed by atoms with Gasteiger partial charge in [-0.05, 0) is 102 Å². The summed E-state index contributed by atoms with van der Waals surface area (Å²) in [7, 11) is 0. The zero-order chi connectivity index (χ0) is 19.3. The van der Waals surface area contributed by atoms with Gasteiger partial charge in [-0.15, -0.1) is 0 Å². The molecule has 0 spiro atoms. The molecule has 0 radical (unpaired) electrons. The molecular weight excluding hydrogens is 312 g/mol. The Bertz CT molecular complexity index is 575. The molecule has 26 heavy (non-hydrogen) atoms. The van der Waals surface area contributed by atoms with Crippen molar-refractivity contribution in [2.75, 3.05) is 0 Å². The van der Waals surface area contributed by atoms with Crippen LogP contribution in [0.25, 0.3) is 0 Å². The quantitative estimate of drug-likeness (QED) is 0.414. The third-order valence-electron chi connectivity index (χ3n) is 12.0. The fourth-order valence-electron chi connectivity index (χ4n) is 10.1. The summed E-state index contributed by atoms with van der Waals surface area (Å²) in [4.78, 5) is 0. The van der Waals surface area contributed by atoms with E-state index in [4.69, 9.17) is 0 Å². The summed E-state index contributed by atoms with van der Waals surface area (Å²) in [5.74, 6) is 6.49. The van der Waals surface area contributed by atoms with Crippen molar-refractivity contribution in [3.8, 4) is 0 Å². The lowest BCUT2D eigenvalue weighted by Crippen LogP contribution is -2.65. The molecule has 4 aliphatic carbocycles. The van der Waals surface area contributed by atoms with Crippen LogP contribution in [-0.4, -0.2) is 0 Å². The number of hydrogen-bond acceptors (Lipinski definition) is 0. The highest BCUT2D eigenvalue weighted by Crippen LogP contribution is 2.75. The van der Waals surface area contributed by atoms with E-state index in [-0.39, 0.29) is 0 Å². The van der Waals surface area contributed by atoms with E-state index in [1.807, 2.05) is 0 Å². The molecule has 0 aromatic heterocycles. The normalized spacial score (nSPS) is 61.5. The molecule has 4 aliphatic rings. The maximum Gasteiger partial charge on any atom is -0.0210 e. The van der Waals surface area contributed by atoms with Gasteiger partial charge in [0, 0.05) is 0 Å². The molecule has 0 amide bonds. The third kappa shape index (κ3) is 2.09. The number of hydrogen-bond donors (Lipinski definition) is 0.